The molecule has 1 aliphatic heterocycles. The molecule has 0 saturated carbocycles. The molecule has 4 aromatic carbocycles. The number of hydrogen-bond acceptors (Lipinski definition) is 7. The Kier molecular flexibility index (Phi) is 6.87. The van der Waals surface area contributed by atoms with Crippen molar-refractivity contribution in [2.45, 2.75) is 6.61 Å². The number of cyclic esters (lactones) is 1. The molecule has 0 N–H and O–H groups in total. The standard InChI is InChI=1S/C28H19IN2O6/c1-35-25-14-18(12-23(29)26(25)36-16-17-6-10-22(11-7-17)31(33)34)13-24-28(32)37-27(30-24)21-9-8-19-4-2-3-5-20(19)15-21/h2-15H,16H2,1H3/b24-13-. The Hall–Kier alpha value is -4.25. The number of nitro groups is 1. The van der Waals surface area contributed by atoms with Crippen LogP contribution in [0.25, 0.3) is 16.8 Å². The molecule has 4 aromatic rings. The molecule has 0 saturated heterocycles. The lowest BCUT2D eigenvalue weighted by atomic mass is 10.1. The normalized spacial score (nSPS) is 13.9. The van der Waals surface area contributed by atoms with E-state index < -0.39 is 10.9 Å². The number of ether oxygens (including phenoxy) is 3. The Morgan fingerprint density at radius 3 is 2.51 bits per heavy atom. The van der Waals surface area contributed by atoms with Crippen molar-refractivity contribution >= 4 is 57.0 Å². The zero-order valence-electron chi connectivity index (χ0n) is 19.5. The number of carbonyl (C=O) groups is 1. The van der Waals surface area contributed by atoms with E-state index in [9.17, 15) is 14.9 Å². The number of hydrogen-bond donors (Lipinski definition) is 0. The number of esters is 1. The topological polar surface area (TPSA) is 100 Å². The van der Waals surface area contributed by atoms with E-state index in [-0.39, 0.29) is 23.9 Å². The molecule has 0 bridgehead atoms. The van der Waals surface area contributed by atoms with E-state index in [1.54, 1.807) is 24.3 Å². The van der Waals surface area contributed by atoms with Gasteiger partial charge in [0.2, 0.25) is 5.90 Å². The molecule has 0 amide bonds. The molecule has 9 heteroatoms. The monoisotopic (exact) mass is 606 g/mol. The Morgan fingerprint density at radius 2 is 1.78 bits per heavy atom. The average molecular weight is 606 g/mol. The lowest BCUT2D eigenvalue weighted by molar-refractivity contribution is -0.384. The second kappa shape index (κ2) is 10.4. The fraction of sp³-hybridized carbons (Fsp3) is 0.0714. The summed E-state index contributed by atoms with van der Waals surface area (Å²) in [5.41, 5.74) is 2.39. The van der Waals surface area contributed by atoms with Gasteiger partial charge < -0.3 is 14.2 Å². The summed E-state index contributed by atoms with van der Waals surface area (Å²) in [4.78, 5) is 27.4. The molecule has 0 aliphatic carbocycles. The van der Waals surface area contributed by atoms with Gasteiger partial charge in [-0.25, -0.2) is 9.79 Å². The number of fused-ring (bicyclic) bond motifs is 1. The minimum Gasteiger partial charge on any atom is -0.493 e. The summed E-state index contributed by atoms with van der Waals surface area (Å²) in [6.07, 6.45) is 1.64. The van der Waals surface area contributed by atoms with Gasteiger partial charge in [-0.2, -0.15) is 0 Å². The third-order valence-corrected chi connectivity index (χ3v) is 6.50. The Labute approximate surface area is 225 Å². The molecule has 184 valence electrons. The Morgan fingerprint density at radius 1 is 1.03 bits per heavy atom. The van der Waals surface area contributed by atoms with Gasteiger partial charge in [0.1, 0.15) is 6.61 Å². The van der Waals surface area contributed by atoms with E-state index in [1.807, 2.05) is 48.5 Å². The third kappa shape index (κ3) is 5.31. The molecule has 0 fully saturated rings. The SMILES string of the molecule is COc1cc(/C=C2\N=C(c3ccc4ccccc4c3)OC2=O)cc(I)c1OCc1ccc([N+](=O)[O-])cc1. The van der Waals surface area contributed by atoms with Crippen LogP contribution in [0.5, 0.6) is 11.5 Å². The van der Waals surface area contributed by atoms with Crippen LogP contribution in [0.2, 0.25) is 0 Å². The Balaban J connectivity index is 1.38. The van der Waals surface area contributed by atoms with Crippen molar-refractivity contribution < 1.29 is 23.9 Å². The highest BCUT2D eigenvalue weighted by atomic mass is 127. The van der Waals surface area contributed by atoms with E-state index in [4.69, 9.17) is 14.2 Å². The maximum Gasteiger partial charge on any atom is 0.363 e. The van der Waals surface area contributed by atoms with E-state index in [1.165, 1.54) is 19.2 Å². The number of benzene rings is 4. The summed E-state index contributed by atoms with van der Waals surface area (Å²) in [6, 6.07) is 23.5. The van der Waals surface area contributed by atoms with Crippen LogP contribution in [0, 0.1) is 13.7 Å². The predicted molar refractivity (Wildman–Crippen MR) is 148 cm³/mol. The van der Waals surface area contributed by atoms with Gasteiger partial charge in [0.15, 0.2) is 17.2 Å². The molecule has 0 aromatic heterocycles. The zero-order chi connectivity index (χ0) is 25.9. The van der Waals surface area contributed by atoms with Crippen LogP contribution in [-0.2, 0) is 16.1 Å². The summed E-state index contributed by atoms with van der Waals surface area (Å²) in [6.45, 7) is 0.205. The first-order valence-corrected chi connectivity index (χ1v) is 12.2. The second-order valence-electron chi connectivity index (χ2n) is 8.14. The highest BCUT2D eigenvalue weighted by Gasteiger charge is 2.25. The fourth-order valence-corrected chi connectivity index (χ4v) is 4.63. The minimum atomic E-state index is -0.532. The van der Waals surface area contributed by atoms with Crippen molar-refractivity contribution in [3.63, 3.8) is 0 Å². The number of aliphatic imine (C=N–C) groups is 1. The van der Waals surface area contributed by atoms with Crippen molar-refractivity contribution in [2.24, 2.45) is 4.99 Å². The van der Waals surface area contributed by atoms with Crippen LogP contribution in [0.1, 0.15) is 16.7 Å². The fourth-order valence-electron chi connectivity index (χ4n) is 3.85. The van der Waals surface area contributed by atoms with E-state index in [0.29, 0.717) is 17.1 Å². The number of methoxy groups -OCH3 is 1. The van der Waals surface area contributed by atoms with Crippen molar-refractivity contribution in [3.05, 3.63) is 115 Å². The first-order chi connectivity index (χ1) is 17.9. The quantitative estimate of drug-likeness (QED) is 0.0807. The van der Waals surface area contributed by atoms with E-state index in [2.05, 4.69) is 27.6 Å². The van der Waals surface area contributed by atoms with Crippen LogP contribution < -0.4 is 9.47 Å². The summed E-state index contributed by atoms with van der Waals surface area (Å²) in [5, 5.41) is 13.0. The van der Waals surface area contributed by atoms with Crippen LogP contribution in [-0.4, -0.2) is 23.9 Å². The molecule has 8 nitrogen and oxygen atoms in total. The van der Waals surface area contributed by atoms with Crippen LogP contribution >= 0.6 is 22.6 Å². The molecule has 0 spiro atoms. The van der Waals surface area contributed by atoms with Gasteiger partial charge >= 0.3 is 5.97 Å². The van der Waals surface area contributed by atoms with Gasteiger partial charge in [0.25, 0.3) is 5.69 Å². The Bertz CT molecular complexity index is 1590. The van der Waals surface area contributed by atoms with Crippen molar-refractivity contribution in [2.75, 3.05) is 7.11 Å². The van der Waals surface area contributed by atoms with Gasteiger partial charge in [-0.1, -0.05) is 30.3 Å². The van der Waals surface area contributed by atoms with E-state index in [0.717, 1.165) is 25.5 Å². The third-order valence-electron chi connectivity index (χ3n) is 5.70. The summed E-state index contributed by atoms with van der Waals surface area (Å²) < 4.78 is 17.7. The van der Waals surface area contributed by atoms with Gasteiger partial charge in [0.05, 0.1) is 15.6 Å². The van der Waals surface area contributed by atoms with Crippen LogP contribution in [0.15, 0.2) is 89.6 Å². The molecule has 1 heterocycles. The predicted octanol–water partition coefficient (Wildman–Crippen LogP) is 6.28. The molecular formula is C28H19IN2O6. The number of nitro benzene ring substituents is 1. The number of halogens is 1. The molecule has 1 aliphatic rings. The van der Waals surface area contributed by atoms with Crippen LogP contribution in [0.3, 0.4) is 0 Å². The number of carbonyl (C=O) groups excluding carboxylic acids is 1. The second-order valence-corrected chi connectivity index (χ2v) is 9.31. The summed E-state index contributed by atoms with van der Waals surface area (Å²) in [5.74, 6) is 0.728. The first kappa shape index (κ1) is 24.4. The zero-order valence-corrected chi connectivity index (χ0v) is 21.7. The van der Waals surface area contributed by atoms with Crippen molar-refractivity contribution in [1.82, 2.24) is 0 Å². The van der Waals surface area contributed by atoms with E-state index >= 15 is 0 Å². The molecule has 5 rings (SSSR count). The van der Waals surface area contributed by atoms with Gasteiger partial charge in [-0.15, -0.1) is 0 Å². The largest absolute Gasteiger partial charge is 0.493 e. The minimum absolute atomic E-state index is 0.0187. The number of non-ortho nitro benzene ring substituents is 1. The van der Waals surface area contributed by atoms with Gasteiger partial charge in [-0.3, -0.25) is 10.1 Å². The van der Waals surface area contributed by atoms with Gasteiger partial charge in [0, 0.05) is 17.7 Å². The molecule has 0 atom stereocenters. The molecule has 0 radical (unpaired) electrons. The average Bonchev–Trinajstić information content (AvgIpc) is 3.27. The molecule has 37 heavy (non-hydrogen) atoms. The first-order valence-electron chi connectivity index (χ1n) is 11.2. The number of rotatable bonds is 7. The summed E-state index contributed by atoms with van der Waals surface area (Å²) >= 11 is 2.13. The van der Waals surface area contributed by atoms with Crippen molar-refractivity contribution in [1.29, 1.82) is 0 Å². The van der Waals surface area contributed by atoms with Crippen molar-refractivity contribution in [3.8, 4) is 11.5 Å². The smallest absolute Gasteiger partial charge is 0.363 e. The lowest BCUT2D eigenvalue weighted by Crippen LogP contribution is -2.05. The molecular weight excluding hydrogens is 587 g/mol. The maximum atomic E-state index is 12.6. The number of nitrogens with zero attached hydrogens (tertiary/aromatic N) is 2. The lowest BCUT2D eigenvalue weighted by Gasteiger charge is -2.13. The maximum absolute atomic E-state index is 12.6. The van der Waals surface area contributed by atoms with Crippen LogP contribution in [0.4, 0.5) is 5.69 Å². The highest BCUT2D eigenvalue weighted by molar-refractivity contribution is 14.1. The molecule has 0 unspecified atom stereocenters. The van der Waals surface area contributed by atoms with Gasteiger partial charge in [-0.05, 0) is 87.0 Å². The highest BCUT2D eigenvalue weighted by Crippen LogP contribution is 2.36. The summed E-state index contributed by atoms with van der Waals surface area (Å²) in [7, 11) is 1.53.